The number of rotatable bonds is 5. The van der Waals surface area contributed by atoms with E-state index in [4.69, 9.17) is 10.8 Å². The van der Waals surface area contributed by atoms with Crippen molar-refractivity contribution in [2.75, 3.05) is 18.6 Å². The molecular formula is C14H14N6O5S. The minimum Gasteiger partial charge on any atom is -0.477 e. The van der Waals surface area contributed by atoms with E-state index in [0.29, 0.717) is 5.75 Å². The fourth-order valence-corrected chi connectivity index (χ4v) is 3.70. The van der Waals surface area contributed by atoms with Gasteiger partial charge in [0.2, 0.25) is 5.71 Å². The molecule has 3 rings (SSSR count). The summed E-state index contributed by atoms with van der Waals surface area (Å²) in [4.78, 5) is 49.6. The van der Waals surface area contributed by atoms with Gasteiger partial charge in [0.05, 0.1) is 0 Å². The highest BCUT2D eigenvalue weighted by Gasteiger charge is 2.53. The number of oxime groups is 1. The first kappa shape index (κ1) is 17.7. The van der Waals surface area contributed by atoms with E-state index in [2.05, 4.69) is 25.3 Å². The lowest BCUT2D eigenvalue weighted by atomic mass is 10.0. The summed E-state index contributed by atoms with van der Waals surface area (Å²) in [5, 5.41) is 14.8. The van der Waals surface area contributed by atoms with Crippen molar-refractivity contribution in [1.29, 1.82) is 0 Å². The molecule has 1 unspecified atom stereocenters. The standard InChI is InChI=1S/C14H14N6O5S/c1-25-19-8(10-16-4-2-7(15)17-10)11(21)18-9-12(22)20-6(14(23)24)3-5-26-13(9)20/h2-4,9,13H,5H2,1H3,(H,18,21)(H,23,24)(H2,15,16,17)/t9?,13-/m0/s1. The zero-order chi connectivity index (χ0) is 18.8. The molecule has 4 N–H and O–H groups in total. The third-order valence-electron chi connectivity index (χ3n) is 3.64. The summed E-state index contributed by atoms with van der Waals surface area (Å²) in [7, 11) is 1.25. The van der Waals surface area contributed by atoms with Crippen LogP contribution in [-0.2, 0) is 19.2 Å². The Labute approximate surface area is 151 Å². The molecule has 12 heteroatoms. The van der Waals surface area contributed by atoms with Gasteiger partial charge in [-0.05, 0) is 12.1 Å². The molecule has 0 spiro atoms. The van der Waals surface area contributed by atoms with Crippen molar-refractivity contribution in [3.63, 3.8) is 0 Å². The number of hydrogen-bond acceptors (Lipinski definition) is 9. The lowest BCUT2D eigenvalue weighted by Crippen LogP contribution is -2.70. The molecule has 0 bridgehead atoms. The molecule has 2 aliphatic heterocycles. The molecule has 3 heterocycles. The van der Waals surface area contributed by atoms with Crippen molar-refractivity contribution in [3.05, 3.63) is 29.9 Å². The number of fused-ring (bicyclic) bond motifs is 1. The number of nitrogens with one attached hydrogen (secondary N) is 1. The molecule has 2 atom stereocenters. The quantitative estimate of drug-likeness (QED) is 0.324. The van der Waals surface area contributed by atoms with Crippen LogP contribution in [0.3, 0.4) is 0 Å². The molecule has 1 fully saturated rings. The van der Waals surface area contributed by atoms with Crippen molar-refractivity contribution in [1.82, 2.24) is 20.2 Å². The Morgan fingerprint density at radius 3 is 2.96 bits per heavy atom. The maximum Gasteiger partial charge on any atom is 0.352 e. The van der Waals surface area contributed by atoms with Crippen LogP contribution in [0.25, 0.3) is 0 Å². The third kappa shape index (κ3) is 3.06. The number of carboxylic acid groups (broad SMARTS) is 1. The van der Waals surface area contributed by atoms with Crippen LogP contribution < -0.4 is 11.1 Å². The van der Waals surface area contributed by atoms with Crippen molar-refractivity contribution in [3.8, 4) is 0 Å². The number of aliphatic carboxylic acids is 1. The summed E-state index contributed by atoms with van der Waals surface area (Å²) in [6, 6.07) is 0.552. The van der Waals surface area contributed by atoms with E-state index >= 15 is 0 Å². The Hall–Kier alpha value is -3.15. The number of aromatic nitrogens is 2. The van der Waals surface area contributed by atoms with Crippen LogP contribution in [0.5, 0.6) is 0 Å². The van der Waals surface area contributed by atoms with Crippen LogP contribution in [0.2, 0.25) is 0 Å². The maximum atomic E-state index is 12.5. The van der Waals surface area contributed by atoms with E-state index in [0.717, 1.165) is 4.90 Å². The van der Waals surface area contributed by atoms with Crippen molar-refractivity contribution in [2.45, 2.75) is 11.4 Å². The third-order valence-corrected chi connectivity index (χ3v) is 4.82. The first-order chi connectivity index (χ1) is 12.4. The molecule has 1 saturated heterocycles. The molecule has 2 aliphatic rings. The zero-order valence-electron chi connectivity index (χ0n) is 13.4. The van der Waals surface area contributed by atoms with Crippen molar-refractivity contribution < 1.29 is 24.3 Å². The number of nitrogens with zero attached hydrogens (tertiary/aromatic N) is 4. The van der Waals surface area contributed by atoms with Crippen LogP contribution in [-0.4, -0.2) is 67.7 Å². The number of hydrogen-bond donors (Lipinski definition) is 3. The summed E-state index contributed by atoms with van der Waals surface area (Å²) in [6.45, 7) is 0. The summed E-state index contributed by atoms with van der Waals surface area (Å²) in [5.74, 6) is -1.95. The number of carboxylic acids is 1. The average molecular weight is 378 g/mol. The monoisotopic (exact) mass is 378 g/mol. The van der Waals surface area contributed by atoms with E-state index in [1.807, 2.05) is 0 Å². The van der Waals surface area contributed by atoms with E-state index in [1.54, 1.807) is 0 Å². The maximum absolute atomic E-state index is 12.5. The number of amides is 2. The first-order valence-corrected chi connectivity index (χ1v) is 8.38. The summed E-state index contributed by atoms with van der Waals surface area (Å²) >= 11 is 1.34. The second-order valence-corrected chi connectivity index (χ2v) is 6.36. The van der Waals surface area contributed by atoms with E-state index < -0.39 is 29.2 Å². The van der Waals surface area contributed by atoms with Crippen LogP contribution in [0.4, 0.5) is 5.82 Å². The van der Waals surface area contributed by atoms with Gasteiger partial charge < -0.3 is 21.0 Å². The molecule has 2 amide bonds. The van der Waals surface area contributed by atoms with Crippen LogP contribution >= 0.6 is 11.8 Å². The molecule has 26 heavy (non-hydrogen) atoms. The summed E-state index contributed by atoms with van der Waals surface area (Å²) in [5.41, 5.74) is 5.24. The molecule has 0 saturated carbocycles. The fourth-order valence-electron chi connectivity index (χ4n) is 2.51. The Bertz CT molecular complexity index is 841. The van der Waals surface area contributed by atoms with Gasteiger partial charge in [-0.2, -0.15) is 0 Å². The average Bonchev–Trinajstić information content (AvgIpc) is 2.62. The number of thioether (sulfide) groups is 1. The topological polar surface area (TPSA) is 160 Å². The van der Waals surface area contributed by atoms with Gasteiger partial charge in [0.15, 0.2) is 5.82 Å². The highest BCUT2D eigenvalue weighted by atomic mass is 32.2. The van der Waals surface area contributed by atoms with Crippen LogP contribution in [0.1, 0.15) is 5.82 Å². The van der Waals surface area contributed by atoms with Gasteiger partial charge in [-0.25, -0.2) is 14.8 Å². The lowest BCUT2D eigenvalue weighted by Gasteiger charge is -2.48. The minimum atomic E-state index is -1.19. The molecule has 1 aromatic heterocycles. The number of anilines is 1. The van der Waals surface area contributed by atoms with Gasteiger partial charge in [-0.3, -0.25) is 14.5 Å². The Balaban J connectivity index is 1.77. The van der Waals surface area contributed by atoms with Gasteiger partial charge in [0.25, 0.3) is 11.8 Å². The van der Waals surface area contributed by atoms with Gasteiger partial charge in [-0.15, -0.1) is 11.8 Å². The van der Waals surface area contributed by atoms with Gasteiger partial charge >= 0.3 is 5.97 Å². The van der Waals surface area contributed by atoms with Gasteiger partial charge in [0, 0.05) is 11.9 Å². The molecule has 0 radical (unpaired) electrons. The largest absolute Gasteiger partial charge is 0.477 e. The van der Waals surface area contributed by atoms with E-state index in [-0.39, 0.29) is 23.1 Å². The number of nitrogen functional groups attached to an aromatic ring is 1. The smallest absolute Gasteiger partial charge is 0.352 e. The van der Waals surface area contributed by atoms with Crippen molar-refractivity contribution >= 4 is 41.1 Å². The highest BCUT2D eigenvalue weighted by Crippen LogP contribution is 2.37. The van der Waals surface area contributed by atoms with Crippen LogP contribution in [0, 0.1) is 0 Å². The summed E-state index contributed by atoms with van der Waals surface area (Å²) in [6.07, 6.45) is 2.81. The summed E-state index contributed by atoms with van der Waals surface area (Å²) < 4.78 is 0. The number of β-lactam (4-membered cyclic amide) rings is 1. The normalized spacial score (nSPS) is 22.0. The second kappa shape index (κ2) is 7.00. The van der Waals surface area contributed by atoms with E-state index in [1.165, 1.54) is 37.2 Å². The number of carbonyl (C=O) groups excluding carboxylic acids is 2. The first-order valence-electron chi connectivity index (χ1n) is 7.33. The zero-order valence-corrected chi connectivity index (χ0v) is 14.3. The molecule has 0 aliphatic carbocycles. The number of nitrogens with two attached hydrogens (primary N) is 1. The van der Waals surface area contributed by atoms with Crippen LogP contribution in [0.15, 0.2) is 29.2 Å². The molecule has 0 aromatic carbocycles. The predicted molar refractivity (Wildman–Crippen MR) is 90.7 cm³/mol. The SMILES string of the molecule is CON=C(C(=O)NC1C(=O)N2C(C(=O)O)=CCS[C@@H]12)c1nccc(N)n1. The number of carbonyl (C=O) groups is 3. The van der Waals surface area contributed by atoms with Gasteiger partial charge in [0.1, 0.15) is 30.0 Å². The fraction of sp³-hybridized carbons (Fsp3) is 0.286. The van der Waals surface area contributed by atoms with E-state index in [9.17, 15) is 14.4 Å². The Morgan fingerprint density at radius 1 is 1.54 bits per heavy atom. The van der Waals surface area contributed by atoms with Gasteiger partial charge in [-0.1, -0.05) is 5.16 Å². The molecule has 1 aromatic rings. The van der Waals surface area contributed by atoms with Crippen molar-refractivity contribution in [2.24, 2.45) is 5.16 Å². The molecule has 136 valence electrons. The lowest BCUT2D eigenvalue weighted by molar-refractivity contribution is -0.150. The second-order valence-electron chi connectivity index (χ2n) is 5.21. The predicted octanol–water partition coefficient (Wildman–Crippen LogP) is -1.22. The molecular weight excluding hydrogens is 364 g/mol. The Kier molecular flexibility index (Phi) is 4.75. The Morgan fingerprint density at radius 2 is 2.31 bits per heavy atom. The minimum absolute atomic E-state index is 0.0598. The highest BCUT2D eigenvalue weighted by molar-refractivity contribution is 8.00. The molecule has 11 nitrogen and oxygen atoms in total.